The van der Waals surface area contributed by atoms with Crippen LogP contribution in [-0.2, 0) is 0 Å². The Morgan fingerprint density at radius 3 is 2.55 bits per heavy atom. The first-order chi connectivity index (χ1) is 9.74. The number of fused-ring (bicyclic) bond motifs is 3. The summed E-state index contributed by atoms with van der Waals surface area (Å²) in [5.41, 5.74) is 7.78. The minimum Gasteiger partial charge on any atom is -0.331 e. The van der Waals surface area contributed by atoms with Crippen molar-refractivity contribution in [2.45, 2.75) is 4.90 Å². The highest BCUT2D eigenvalue weighted by Crippen LogP contribution is 2.25. The molecule has 0 unspecified atom stereocenters. The molecule has 0 saturated heterocycles. The number of aromatic nitrogens is 2. The highest BCUT2D eigenvalue weighted by molar-refractivity contribution is 7.98. The van der Waals surface area contributed by atoms with Crippen molar-refractivity contribution in [2.24, 2.45) is 5.11 Å². The minimum atomic E-state index is -0.875. The number of carbonyl (C=O) groups is 1. The topological polar surface area (TPSA) is 105 Å². The fourth-order valence-electron chi connectivity index (χ4n) is 1.51. The van der Waals surface area contributed by atoms with Gasteiger partial charge >= 0.3 is 11.8 Å². The predicted molar refractivity (Wildman–Crippen MR) is 74.7 cm³/mol. The molecule has 4 rings (SSSR count). The Balaban J connectivity index is 0.000000147. The highest BCUT2D eigenvalue weighted by atomic mass is 32.2. The van der Waals surface area contributed by atoms with Gasteiger partial charge in [0, 0.05) is 9.81 Å². The summed E-state index contributed by atoms with van der Waals surface area (Å²) in [6, 6.07) is 10.9. The van der Waals surface area contributed by atoms with E-state index in [4.69, 9.17) is 5.53 Å². The average Bonchev–Trinajstić information content (AvgIpc) is 3.03. The molecule has 0 fully saturated rings. The quantitative estimate of drug-likeness (QED) is 0.310. The molecule has 0 atom stereocenters. The van der Waals surface area contributed by atoms with Gasteiger partial charge in [-0.2, -0.15) is 4.98 Å². The fraction of sp³-hybridized carbons (Fsp3) is 0.0833. The standard InChI is InChI=1S/C9H8S.C3HN5O2/c1-10-9-6-7-2-4-8(9)5-3-7;4-8-7-2(9)3-5-1-6-10-3/h2-6H,1H3;1H. The van der Waals surface area contributed by atoms with E-state index in [9.17, 15) is 4.79 Å². The van der Waals surface area contributed by atoms with Crippen LogP contribution in [0.15, 0.2) is 51.2 Å². The molecule has 0 aliphatic heterocycles. The highest BCUT2D eigenvalue weighted by Gasteiger charge is 2.07. The van der Waals surface area contributed by atoms with Crippen LogP contribution < -0.4 is 0 Å². The number of carbonyl (C=O) groups excluding carboxylic acids is 1. The predicted octanol–water partition coefficient (Wildman–Crippen LogP) is 3.52. The summed E-state index contributed by atoms with van der Waals surface area (Å²) in [5, 5.41) is 8.52. The van der Waals surface area contributed by atoms with Gasteiger partial charge in [-0.1, -0.05) is 29.4 Å². The largest absolute Gasteiger partial charge is 0.331 e. The number of benzene rings is 3. The van der Waals surface area contributed by atoms with Gasteiger partial charge in [0.15, 0.2) is 6.33 Å². The lowest BCUT2D eigenvalue weighted by Crippen LogP contribution is -1.91. The Hall–Kier alpha value is -2.57. The summed E-state index contributed by atoms with van der Waals surface area (Å²) in [6.45, 7) is 0. The second-order valence-corrected chi connectivity index (χ2v) is 4.42. The van der Waals surface area contributed by atoms with Gasteiger partial charge in [0.05, 0.1) is 0 Å². The molecule has 7 nitrogen and oxygen atoms in total. The molecule has 0 radical (unpaired) electrons. The molecule has 0 saturated carbocycles. The summed E-state index contributed by atoms with van der Waals surface area (Å²) in [4.78, 5) is 17.5. The Bertz CT molecular complexity index is 717. The number of amides is 1. The lowest BCUT2D eigenvalue weighted by molar-refractivity contribution is 0.0958. The maximum absolute atomic E-state index is 10.5. The van der Waals surface area contributed by atoms with Crippen LogP contribution in [0.2, 0.25) is 0 Å². The average molecular weight is 287 g/mol. The van der Waals surface area contributed by atoms with Gasteiger partial charge in [-0.15, -0.1) is 11.8 Å². The number of rotatable bonds is 2. The molecule has 1 amide bonds. The van der Waals surface area contributed by atoms with E-state index in [-0.39, 0.29) is 5.89 Å². The van der Waals surface area contributed by atoms with Crippen molar-refractivity contribution >= 4 is 28.4 Å². The van der Waals surface area contributed by atoms with Gasteiger partial charge in [0.2, 0.25) is 0 Å². The third-order valence-electron chi connectivity index (χ3n) is 2.39. The Kier molecular flexibility index (Phi) is 4.54. The van der Waals surface area contributed by atoms with Gasteiger partial charge in [-0.3, -0.25) is 4.79 Å². The number of hydrogen-bond acceptors (Lipinski definition) is 5. The summed E-state index contributed by atoms with van der Waals surface area (Å²) in [5.74, 6) is -1.18. The Labute approximate surface area is 117 Å². The van der Waals surface area contributed by atoms with Crippen LogP contribution in [-0.4, -0.2) is 22.3 Å². The molecular weight excluding hydrogens is 278 g/mol. The first kappa shape index (κ1) is 13.9. The van der Waals surface area contributed by atoms with Crippen molar-refractivity contribution in [1.82, 2.24) is 10.1 Å². The van der Waals surface area contributed by atoms with Gasteiger partial charge in [-0.05, 0) is 33.7 Å². The summed E-state index contributed by atoms with van der Waals surface area (Å²) < 4.78 is 4.27. The Morgan fingerprint density at radius 2 is 2.15 bits per heavy atom. The van der Waals surface area contributed by atoms with Crippen LogP contribution in [0.5, 0.6) is 0 Å². The third kappa shape index (κ3) is 3.25. The van der Waals surface area contributed by atoms with Crippen LogP contribution >= 0.6 is 11.8 Å². The summed E-state index contributed by atoms with van der Waals surface area (Å²) >= 11 is 1.81. The Morgan fingerprint density at radius 1 is 1.40 bits per heavy atom. The van der Waals surface area contributed by atoms with Crippen LogP contribution in [0.3, 0.4) is 0 Å². The van der Waals surface area contributed by atoms with Crippen molar-refractivity contribution < 1.29 is 9.32 Å². The van der Waals surface area contributed by atoms with Crippen molar-refractivity contribution in [3.63, 3.8) is 0 Å². The van der Waals surface area contributed by atoms with E-state index in [2.05, 4.69) is 61.3 Å². The molecule has 1 aromatic heterocycles. The summed E-state index contributed by atoms with van der Waals surface area (Å²) in [6.07, 6.45) is 3.15. The lowest BCUT2D eigenvalue weighted by Gasteiger charge is -2.02. The third-order valence-corrected chi connectivity index (χ3v) is 3.19. The zero-order chi connectivity index (χ0) is 14.4. The molecule has 0 N–H and O–H groups in total. The molecule has 3 aromatic carbocycles. The van der Waals surface area contributed by atoms with E-state index in [0.29, 0.717) is 0 Å². The lowest BCUT2D eigenvalue weighted by atomic mass is 10.1. The molecule has 0 aliphatic rings. The molecule has 1 heterocycles. The molecule has 4 aromatic rings. The number of nitrogens with zero attached hydrogens (tertiary/aromatic N) is 5. The van der Waals surface area contributed by atoms with Gasteiger partial charge < -0.3 is 4.52 Å². The summed E-state index contributed by atoms with van der Waals surface area (Å²) in [7, 11) is 0. The second kappa shape index (κ2) is 6.55. The minimum absolute atomic E-state index is 0.308. The maximum atomic E-state index is 10.5. The molecule has 0 aliphatic carbocycles. The van der Waals surface area contributed by atoms with E-state index in [1.807, 2.05) is 11.8 Å². The first-order valence-electron chi connectivity index (χ1n) is 5.47. The fourth-order valence-corrected chi connectivity index (χ4v) is 2.13. The maximum Gasteiger partial charge on any atom is 0.306 e. The first-order valence-corrected chi connectivity index (χ1v) is 6.69. The van der Waals surface area contributed by atoms with Crippen LogP contribution in [0.25, 0.3) is 21.2 Å². The molecule has 100 valence electrons. The van der Waals surface area contributed by atoms with Crippen molar-refractivity contribution in [3.8, 4) is 0 Å². The molecule has 0 spiro atoms. The van der Waals surface area contributed by atoms with E-state index < -0.39 is 5.91 Å². The molecule has 2 bridgehead atoms. The monoisotopic (exact) mass is 287 g/mol. The van der Waals surface area contributed by atoms with Crippen LogP contribution in [0.4, 0.5) is 0 Å². The molecule has 20 heavy (non-hydrogen) atoms. The number of thioether (sulfide) groups is 1. The smallest absolute Gasteiger partial charge is 0.306 e. The zero-order valence-corrected chi connectivity index (χ0v) is 11.2. The van der Waals surface area contributed by atoms with Crippen molar-refractivity contribution in [3.05, 3.63) is 53.0 Å². The second-order valence-electron chi connectivity index (χ2n) is 3.58. The van der Waals surface area contributed by atoms with Gasteiger partial charge in [-0.25, -0.2) is 0 Å². The van der Waals surface area contributed by atoms with Crippen LogP contribution in [0.1, 0.15) is 10.7 Å². The van der Waals surface area contributed by atoms with Gasteiger partial charge in [0.1, 0.15) is 0 Å². The van der Waals surface area contributed by atoms with E-state index in [1.165, 1.54) is 15.7 Å². The van der Waals surface area contributed by atoms with E-state index >= 15 is 0 Å². The van der Waals surface area contributed by atoms with E-state index in [1.54, 1.807) is 0 Å². The number of azide groups is 1. The zero-order valence-electron chi connectivity index (χ0n) is 10.4. The van der Waals surface area contributed by atoms with Gasteiger partial charge in [0.25, 0.3) is 0 Å². The van der Waals surface area contributed by atoms with Crippen LogP contribution in [0, 0.1) is 0 Å². The van der Waals surface area contributed by atoms with Crippen molar-refractivity contribution in [1.29, 1.82) is 0 Å². The normalized spacial score (nSPS) is 9.65. The van der Waals surface area contributed by atoms with E-state index in [0.717, 1.165) is 6.33 Å². The molecule has 8 heteroatoms. The van der Waals surface area contributed by atoms with Crippen molar-refractivity contribution in [2.75, 3.05) is 6.26 Å². The molecular formula is C12H9N5O2S. The number of hydrogen-bond donors (Lipinski definition) is 0. The SMILES string of the molecule is CSc1cc2ccc1cc2.[N-]=[N+]=NC(=O)c1ncno1.